The second kappa shape index (κ2) is 10.1. The van der Waals surface area contributed by atoms with E-state index in [1.54, 1.807) is 47.5 Å². The van der Waals surface area contributed by atoms with Crippen LogP contribution in [-0.2, 0) is 4.79 Å². The Morgan fingerprint density at radius 2 is 1.76 bits per heavy atom. The summed E-state index contributed by atoms with van der Waals surface area (Å²) in [6.45, 7) is 0. The molecule has 2 aromatic heterocycles. The number of aliphatic imine (C=N–C) groups is 1. The van der Waals surface area contributed by atoms with Crippen LogP contribution >= 0.6 is 46.2 Å². The van der Waals surface area contributed by atoms with E-state index in [-0.39, 0.29) is 17.4 Å². The van der Waals surface area contributed by atoms with Crippen molar-refractivity contribution in [2.45, 2.75) is 8.68 Å². The van der Waals surface area contributed by atoms with Crippen molar-refractivity contribution < 1.29 is 9.90 Å². The van der Waals surface area contributed by atoms with Crippen molar-refractivity contribution in [3.63, 3.8) is 0 Å². The van der Waals surface area contributed by atoms with Crippen molar-refractivity contribution in [1.82, 2.24) is 9.97 Å². The van der Waals surface area contributed by atoms with Gasteiger partial charge in [0.2, 0.25) is 5.91 Å². The lowest BCUT2D eigenvalue weighted by Gasteiger charge is -2.03. The Morgan fingerprint density at radius 3 is 2.59 bits per heavy atom. The summed E-state index contributed by atoms with van der Waals surface area (Å²) >= 11 is 6.18. The molecule has 34 heavy (non-hydrogen) atoms. The molecule has 10 heteroatoms. The van der Waals surface area contributed by atoms with Gasteiger partial charge in [-0.15, -0.1) is 22.7 Å². The minimum Gasteiger partial charge on any atom is -0.507 e. The van der Waals surface area contributed by atoms with Gasteiger partial charge in [-0.1, -0.05) is 35.7 Å². The second-order valence-electron chi connectivity index (χ2n) is 7.15. The van der Waals surface area contributed by atoms with Crippen LogP contribution in [0.4, 0.5) is 11.4 Å². The Labute approximate surface area is 212 Å². The number of carbonyl (C=O) groups is 1. The monoisotopic (exact) mass is 522 g/mol. The molecule has 0 aliphatic heterocycles. The molecule has 0 aliphatic carbocycles. The molecule has 1 amide bonds. The predicted molar refractivity (Wildman–Crippen MR) is 146 cm³/mol. The Morgan fingerprint density at radius 1 is 1.03 bits per heavy atom. The molecule has 2 heterocycles. The highest BCUT2D eigenvalue weighted by atomic mass is 32.2. The zero-order valence-electron chi connectivity index (χ0n) is 17.9. The number of aromatic nitrogens is 2. The van der Waals surface area contributed by atoms with Gasteiger partial charge >= 0.3 is 0 Å². The Balaban J connectivity index is 1.22. The molecule has 0 unspecified atom stereocenters. The summed E-state index contributed by atoms with van der Waals surface area (Å²) in [7, 11) is 0. The van der Waals surface area contributed by atoms with E-state index in [1.807, 2.05) is 48.7 Å². The third kappa shape index (κ3) is 5.25. The highest BCUT2D eigenvalue weighted by molar-refractivity contribution is 8.01. The fourth-order valence-electron chi connectivity index (χ4n) is 3.17. The maximum absolute atomic E-state index is 12.5. The van der Waals surface area contributed by atoms with E-state index in [0.29, 0.717) is 5.56 Å². The first-order valence-electron chi connectivity index (χ1n) is 10.2. The number of anilines is 1. The van der Waals surface area contributed by atoms with Crippen LogP contribution in [0.15, 0.2) is 74.3 Å². The third-order valence-electron chi connectivity index (χ3n) is 4.80. The smallest absolute Gasteiger partial charge is 0.234 e. The third-order valence-corrected chi connectivity index (χ3v) is 8.96. The molecule has 0 bridgehead atoms. The summed E-state index contributed by atoms with van der Waals surface area (Å²) in [6.07, 6.45) is 3.65. The first kappa shape index (κ1) is 22.9. The van der Waals surface area contributed by atoms with Crippen molar-refractivity contribution >= 4 is 90.1 Å². The molecular formula is C24H18N4O2S4. The van der Waals surface area contributed by atoms with Gasteiger partial charge in [-0.3, -0.25) is 9.79 Å². The molecule has 0 radical (unpaired) electrons. The Kier molecular flexibility index (Phi) is 6.82. The van der Waals surface area contributed by atoms with Crippen LogP contribution in [0.2, 0.25) is 0 Å². The van der Waals surface area contributed by atoms with Gasteiger partial charge in [0.25, 0.3) is 0 Å². The van der Waals surface area contributed by atoms with E-state index < -0.39 is 0 Å². The summed E-state index contributed by atoms with van der Waals surface area (Å²) in [5.74, 6) is 0.388. The van der Waals surface area contributed by atoms with Crippen molar-refractivity contribution in [3.8, 4) is 5.75 Å². The van der Waals surface area contributed by atoms with Gasteiger partial charge in [0.15, 0.2) is 8.68 Å². The predicted octanol–water partition coefficient (Wildman–Crippen LogP) is 6.81. The van der Waals surface area contributed by atoms with Crippen molar-refractivity contribution in [1.29, 1.82) is 0 Å². The number of carbonyl (C=O) groups excluding carboxylic acids is 1. The van der Waals surface area contributed by atoms with Gasteiger partial charge in [-0.05, 0) is 54.8 Å². The number of nitrogens with zero attached hydrogens (tertiary/aromatic N) is 3. The molecular weight excluding hydrogens is 505 g/mol. The number of phenols is 1. The summed E-state index contributed by atoms with van der Waals surface area (Å²) < 4.78 is 3.89. The zero-order chi connectivity index (χ0) is 23.5. The van der Waals surface area contributed by atoms with Crippen LogP contribution in [0.3, 0.4) is 0 Å². The van der Waals surface area contributed by atoms with Crippen LogP contribution in [0, 0.1) is 0 Å². The van der Waals surface area contributed by atoms with Crippen LogP contribution in [-0.4, -0.2) is 39.2 Å². The highest BCUT2D eigenvalue weighted by Gasteiger charge is 2.10. The molecule has 5 rings (SSSR count). The quantitative estimate of drug-likeness (QED) is 0.180. The van der Waals surface area contributed by atoms with E-state index in [4.69, 9.17) is 0 Å². The fourth-order valence-corrected chi connectivity index (χ4v) is 6.60. The SMILES string of the molecule is CSc1nc2ccc(NC(=O)CSc3nc4ccc(N=Cc5ccccc5O)cc4s3)cc2s1. The molecule has 0 aliphatic rings. The lowest BCUT2D eigenvalue weighted by molar-refractivity contribution is -0.113. The molecule has 6 nitrogen and oxygen atoms in total. The molecule has 3 aromatic carbocycles. The van der Waals surface area contributed by atoms with Gasteiger partial charge in [-0.2, -0.15) is 0 Å². The van der Waals surface area contributed by atoms with Crippen LogP contribution < -0.4 is 5.32 Å². The summed E-state index contributed by atoms with van der Waals surface area (Å²) in [4.78, 5) is 26.1. The Hall–Kier alpha value is -2.92. The molecule has 5 aromatic rings. The Bertz CT molecular complexity index is 1530. The molecule has 0 saturated heterocycles. The lowest BCUT2D eigenvalue weighted by Crippen LogP contribution is -2.13. The number of nitrogens with one attached hydrogen (secondary N) is 1. The number of thiazole rings is 2. The topological polar surface area (TPSA) is 87.5 Å². The van der Waals surface area contributed by atoms with Gasteiger partial charge < -0.3 is 10.4 Å². The first-order valence-corrected chi connectivity index (χ1v) is 14.0. The number of thioether (sulfide) groups is 2. The average Bonchev–Trinajstić information content (AvgIpc) is 3.45. The molecule has 170 valence electrons. The van der Waals surface area contributed by atoms with Crippen molar-refractivity contribution in [3.05, 3.63) is 66.2 Å². The van der Waals surface area contributed by atoms with E-state index in [2.05, 4.69) is 20.3 Å². The number of amides is 1. The number of rotatable bonds is 7. The second-order valence-corrected chi connectivity index (χ2v) is 11.5. The first-order chi connectivity index (χ1) is 16.6. The maximum Gasteiger partial charge on any atom is 0.234 e. The number of benzene rings is 3. The summed E-state index contributed by atoms with van der Waals surface area (Å²) in [5.41, 5.74) is 4.02. The molecule has 0 fully saturated rings. The van der Waals surface area contributed by atoms with Crippen molar-refractivity contribution in [2.24, 2.45) is 4.99 Å². The van der Waals surface area contributed by atoms with Crippen molar-refractivity contribution in [2.75, 3.05) is 17.3 Å². The number of para-hydroxylation sites is 1. The largest absolute Gasteiger partial charge is 0.507 e. The maximum atomic E-state index is 12.5. The van der Waals surface area contributed by atoms with Crippen LogP contribution in [0.1, 0.15) is 5.56 Å². The molecule has 2 N–H and O–H groups in total. The molecule has 0 atom stereocenters. The number of hydrogen-bond donors (Lipinski definition) is 2. The van der Waals surface area contributed by atoms with E-state index in [1.165, 1.54) is 23.1 Å². The minimum atomic E-state index is -0.0776. The van der Waals surface area contributed by atoms with Crippen LogP contribution in [0.25, 0.3) is 20.4 Å². The zero-order valence-corrected chi connectivity index (χ0v) is 21.2. The lowest BCUT2D eigenvalue weighted by atomic mass is 10.2. The summed E-state index contributed by atoms with van der Waals surface area (Å²) in [5, 5.41) is 12.8. The number of fused-ring (bicyclic) bond motifs is 2. The van der Waals surface area contributed by atoms with Gasteiger partial charge in [0.1, 0.15) is 5.75 Å². The molecule has 0 saturated carbocycles. The number of phenolic OH excluding ortho intramolecular Hbond substituents is 1. The minimum absolute atomic E-state index is 0.0776. The van der Waals surface area contributed by atoms with E-state index in [9.17, 15) is 9.90 Å². The van der Waals surface area contributed by atoms with Gasteiger partial charge in [0.05, 0.1) is 31.9 Å². The van der Waals surface area contributed by atoms with Gasteiger partial charge in [-0.25, -0.2) is 9.97 Å². The molecule has 0 spiro atoms. The number of hydrogen-bond acceptors (Lipinski definition) is 9. The normalized spacial score (nSPS) is 11.6. The number of aromatic hydroxyl groups is 1. The average molecular weight is 523 g/mol. The fraction of sp³-hybridized carbons (Fsp3) is 0.0833. The highest BCUT2D eigenvalue weighted by Crippen LogP contribution is 2.33. The standard InChI is InChI=1S/C24H18N4O2S4/c1-31-23-27-17-9-7-16(11-21(17)33-23)26-22(30)13-32-24-28-18-8-6-15(10-20(18)34-24)25-12-14-4-2-3-5-19(14)29/h2-12,29H,13H2,1H3,(H,26,30). The van der Waals surface area contributed by atoms with Gasteiger partial charge in [0, 0.05) is 17.5 Å². The van der Waals surface area contributed by atoms with E-state index >= 15 is 0 Å². The van der Waals surface area contributed by atoms with E-state index in [0.717, 1.165) is 40.5 Å². The van der Waals surface area contributed by atoms with Crippen LogP contribution in [0.5, 0.6) is 5.75 Å². The summed E-state index contributed by atoms with van der Waals surface area (Å²) in [6, 6.07) is 18.6.